The first-order chi connectivity index (χ1) is 5.39. The van der Waals surface area contributed by atoms with Crippen LogP contribution in [0.25, 0.3) is 0 Å². The van der Waals surface area contributed by atoms with Crippen LogP contribution in [0.4, 0.5) is 0 Å². The van der Waals surface area contributed by atoms with Crippen molar-refractivity contribution < 1.29 is 4.92 Å². The van der Waals surface area contributed by atoms with Gasteiger partial charge in [-0.15, -0.1) is 5.01 Å². The van der Waals surface area contributed by atoms with Gasteiger partial charge in [-0.3, -0.25) is 10.1 Å². The van der Waals surface area contributed by atoms with E-state index in [1.54, 1.807) is 26.0 Å². The second-order valence-electron chi connectivity index (χ2n) is 2.87. The number of nitrogens with zero attached hydrogens (tertiary/aromatic N) is 3. The van der Waals surface area contributed by atoms with Gasteiger partial charge in [0.1, 0.15) is 0 Å². The molecule has 0 amide bonds. The summed E-state index contributed by atoms with van der Waals surface area (Å²) >= 11 is 0. The van der Waals surface area contributed by atoms with E-state index in [0.717, 1.165) is 5.70 Å². The summed E-state index contributed by atoms with van der Waals surface area (Å²) in [5.41, 5.74) is 6.31. The Morgan fingerprint density at radius 3 is 2.33 bits per heavy atom. The Bertz CT molecular complexity index is 252. The monoisotopic (exact) mass is 172 g/mol. The summed E-state index contributed by atoms with van der Waals surface area (Å²) in [5, 5.41) is 13.6. The van der Waals surface area contributed by atoms with E-state index >= 15 is 0 Å². The summed E-state index contributed by atoms with van der Waals surface area (Å²) in [6.45, 7) is 1.77. The smallest absolute Gasteiger partial charge is 0.306 e. The fraction of sp³-hybridized carbons (Fsp3) is 0.667. The zero-order chi connectivity index (χ0) is 9.52. The third-order valence-electron chi connectivity index (χ3n) is 2.19. The highest BCUT2D eigenvalue weighted by Gasteiger charge is 2.47. The van der Waals surface area contributed by atoms with E-state index in [0.29, 0.717) is 0 Å². The zero-order valence-electron chi connectivity index (χ0n) is 7.31. The van der Waals surface area contributed by atoms with Gasteiger partial charge in [0.15, 0.2) is 0 Å². The van der Waals surface area contributed by atoms with Crippen LogP contribution in [0.1, 0.15) is 6.92 Å². The van der Waals surface area contributed by atoms with E-state index in [4.69, 9.17) is 5.73 Å². The summed E-state index contributed by atoms with van der Waals surface area (Å²) < 4.78 is 0. The number of hydrogen-bond acceptors (Lipinski definition) is 5. The Balaban J connectivity index is 3.03. The molecule has 0 saturated heterocycles. The van der Waals surface area contributed by atoms with Crippen molar-refractivity contribution in [2.24, 2.45) is 5.73 Å². The number of rotatable bonds is 1. The standard InChI is InChI=1S/C6H12N4O2/c1-5-4-6(7,10(11)12)9(3)8(5)2/h4H,7H2,1-3H3. The number of hydrazine groups is 1. The average molecular weight is 172 g/mol. The molecule has 0 aromatic carbocycles. The molecule has 1 heterocycles. The van der Waals surface area contributed by atoms with Crippen molar-refractivity contribution >= 4 is 0 Å². The van der Waals surface area contributed by atoms with Gasteiger partial charge in [-0.05, 0) is 6.92 Å². The summed E-state index contributed by atoms with van der Waals surface area (Å²) in [4.78, 5) is 10.1. The third kappa shape index (κ3) is 0.961. The van der Waals surface area contributed by atoms with E-state index in [2.05, 4.69) is 0 Å². The number of likely N-dealkylation sites (N-methyl/N-ethyl adjacent to an activating group) is 1. The number of nitrogens with two attached hydrogens (primary N) is 1. The van der Waals surface area contributed by atoms with Crippen molar-refractivity contribution in [3.05, 3.63) is 21.9 Å². The maximum Gasteiger partial charge on any atom is 0.370 e. The predicted octanol–water partition coefficient (Wildman–Crippen LogP) is -0.428. The molecule has 1 atom stereocenters. The normalized spacial score (nSPS) is 30.7. The minimum absolute atomic E-state index is 0.514. The van der Waals surface area contributed by atoms with Crippen LogP contribution in [0.5, 0.6) is 0 Å². The van der Waals surface area contributed by atoms with Crippen LogP contribution in [-0.4, -0.2) is 34.8 Å². The topological polar surface area (TPSA) is 75.6 Å². The maximum absolute atomic E-state index is 10.6. The Hall–Kier alpha value is -1.14. The molecule has 1 aliphatic heterocycles. The van der Waals surface area contributed by atoms with Crippen LogP contribution in [0.15, 0.2) is 11.8 Å². The molecule has 1 rings (SSSR count). The van der Waals surface area contributed by atoms with Crippen molar-refractivity contribution in [1.82, 2.24) is 10.0 Å². The first-order valence-electron chi connectivity index (χ1n) is 3.50. The SMILES string of the molecule is CC1=CC(N)([N+](=O)[O-])N(C)N1C. The molecular weight excluding hydrogens is 160 g/mol. The van der Waals surface area contributed by atoms with Gasteiger partial charge >= 0.3 is 5.79 Å². The molecule has 0 radical (unpaired) electrons. The second kappa shape index (κ2) is 2.43. The number of allylic oxidation sites excluding steroid dienone is 1. The highest BCUT2D eigenvalue weighted by Crippen LogP contribution is 2.23. The Kier molecular flexibility index (Phi) is 1.81. The molecule has 0 aliphatic carbocycles. The quantitative estimate of drug-likeness (QED) is 0.330. The second-order valence-corrected chi connectivity index (χ2v) is 2.87. The van der Waals surface area contributed by atoms with E-state index in [1.165, 1.54) is 11.1 Å². The Labute approximate surface area is 70.4 Å². The van der Waals surface area contributed by atoms with Crippen molar-refractivity contribution in [3.8, 4) is 0 Å². The number of nitro groups is 1. The van der Waals surface area contributed by atoms with Gasteiger partial charge in [-0.25, -0.2) is 5.73 Å². The van der Waals surface area contributed by atoms with E-state index in [1.807, 2.05) is 0 Å². The summed E-state index contributed by atoms with van der Waals surface area (Å²) in [6.07, 6.45) is 1.42. The van der Waals surface area contributed by atoms with Crippen LogP contribution < -0.4 is 5.73 Å². The van der Waals surface area contributed by atoms with Crippen molar-refractivity contribution in [2.45, 2.75) is 12.7 Å². The van der Waals surface area contributed by atoms with Gasteiger partial charge in [-0.1, -0.05) is 0 Å². The van der Waals surface area contributed by atoms with E-state index in [-0.39, 0.29) is 0 Å². The van der Waals surface area contributed by atoms with Crippen LogP contribution in [-0.2, 0) is 0 Å². The van der Waals surface area contributed by atoms with Gasteiger partial charge in [-0.2, -0.15) is 0 Å². The molecule has 1 unspecified atom stereocenters. The lowest BCUT2D eigenvalue weighted by Gasteiger charge is -2.28. The third-order valence-corrected chi connectivity index (χ3v) is 2.19. The highest BCUT2D eigenvalue weighted by molar-refractivity contribution is 5.10. The molecule has 6 heteroatoms. The summed E-state index contributed by atoms with van der Waals surface area (Å²) in [6, 6.07) is 0. The van der Waals surface area contributed by atoms with Crippen molar-refractivity contribution in [2.75, 3.05) is 14.1 Å². The molecule has 0 fully saturated rings. The van der Waals surface area contributed by atoms with Gasteiger partial charge in [0.2, 0.25) is 0 Å². The molecule has 2 N–H and O–H groups in total. The van der Waals surface area contributed by atoms with Crippen LogP contribution in [0.2, 0.25) is 0 Å². The zero-order valence-corrected chi connectivity index (χ0v) is 7.31. The minimum atomic E-state index is -1.58. The predicted molar refractivity (Wildman–Crippen MR) is 43.2 cm³/mol. The maximum atomic E-state index is 10.6. The summed E-state index contributed by atoms with van der Waals surface area (Å²) in [5.74, 6) is -1.58. The molecule has 0 spiro atoms. The lowest BCUT2D eigenvalue weighted by molar-refractivity contribution is -0.589. The lowest BCUT2D eigenvalue weighted by atomic mass is 10.3. The molecule has 0 aromatic rings. The van der Waals surface area contributed by atoms with Crippen LogP contribution in [0.3, 0.4) is 0 Å². The van der Waals surface area contributed by atoms with Crippen molar-refractivity contribution in [1.29, 1.82) is 0 Å². The molecule has 68 valence electrons. The highest BCUT2D eigenvalue weighted by atomic mass is 16.6. The molecule has 12 heavy (non-hydrogen) atoms. The van der Waals surface area contributed by atoms with Crippen LogP contribution >= 0.6 is 0 Å². The lowest BCUT2D eigenvalue weighted by Crippen LogP contribution is -2.59. The van der Waals surface area contributed by atoms with Gasteiger partial charge < -0.3 is 5.01 Å². The average Bonchev–Trinajstić information content (AvgIpc) is 2.17. The fourth-order valence-corrected chi connectivity index (χ4v) is 1.14. The largest absolute Gasteiger partial charge is 0.370 e. The molecular formula is C6H12N4O2. The molecule has 6 nitrogen and oxygen atoms in total. The van der Waals surface area contributed by atoms with Gasteiger partial charge in [0.25, 0.3) is 0 Å². The molecule has 0 saturated carbocycles. The number of hydrogen-bond donors (Lipinski definition) is 1. The van der Waals surface area contributed by atoms with E-state index in [9.17, 15) is 10.1 Å². The minimum Gasteiger partial charge on any atom is -0.306 e. The molecule has 1 aliphatic rings. The molecule has 0 aromatic heterocycles. The van der Waals surface area contributed by atoms with Crippen molar-refractivity contribution in [3.63, 3.8) is 0 Å². The fourth-order valence-electron chi connectivity index (χ4n) is 1.14. The van der Waals surface area contributed by atoms with E-state index < -0.39 is 10.7 Å². The first kappa shape index (κ1) is 8.95. The van der Waals surface area contributed by atoms with Gasteiger partial charge in [0.05, 0.1) is 4.92 Å². The first-order valence-corrected chi connectivity index (χ1v) is 3.50. The van der Waals surface area contributed by atoms with Crippen LogP contribution in [0, 0.1) is 10.1 Å². The summed E-state index contributed by atoms with van der Waals surface area (Å²) in [7, 11) is 3.31. The Morgan fingerprint density at radius 2 is 2.17 bits per heavy atom. The van der Waals surface area contributed by atoms with Gasteiger partial charge in [0, 0.05) is 25.9 Å². The molecule has 0 bridgehead atoms. The Morgan fingerprint density at radius 1 is 1.67 bits per heavy atom.